The molecule has 0 aliphatic rings. The van der Waals surface area contributed by atoms with Gasteiger partial charge in [0.1, 0.15) is 0 Å². The standard InChI is InChI=1S/C18H19BrN2O2/c1-3-12(2)20-17(22)13-7-6-8-14(11-13)21-18(23)15-9-4-5-10-16(15)19/h4-12H,3H2,1-2H3,(H,20,22)(H,21,23)/t12-/m0/s1. The molecule has 0 heterocycles. The quantitative estimate of drug-likeness (QED) is 0.822. The van der Waals surface area contributed by atoms with Crippen molar-refractivity contribution in [1.82, 2.24) is 5.32 Å². The van der Waals surface area contributed by atoms with E-state index in [4.69, 9.17) is 0 Å². The van der Waals surface area contributed by atoms with Gasteiger partial charge in [-0.25, -0.2) is 0 Å². The Labute approximate surface area is 144 Å². The summed E-state index contributed by atoms with van der Waals surface area (Å²) in [7, 11) is 0. The molecule has 2 aromatic rings. The van der Waals surface area contributed by atoms with Crippen molar-refractivity contribution in [2.75, 3.05) is 5.32 Å². The third-order valence-corrected chi connectivity index (χ3v) is 4.18. The van der Waals surface area contributed by atoms with Crippen molar-refractivity contribution in [1.29, 1.82) is 0 Å². The second kappa shape index (κ2) is 7.92. The Hall–Kier alpha value is -2.14. The molecule has 0 saturated carbocycles. The molecular weight excluding hydrogens is 356 g/mol. The summed E-state index contributed by atoms with van der Waals surface area (Å²) in [6, 6.07) is 14.2. The van der Waals surface area contributed by atoms with Crippen molar-refractivity contribution < 1.29 is 9.59 Å². The van der Waals surface area contributed by atoms with E-state index in [-0.39, 0.29) is 17.9 Å². The zero-order valence-corrected chi connectivity index (χ0v) is 14.7. The molecular formula is C18H19BrN2O2. The number of carbonyl (C=O) groups is 2. The van der Waals surface area contributed by atoms with E-state index in [1.54, 1.807) is 36.4 Å². The smallest absolute Gasteiger partial charge is 0.256 e. The van der Waals surface area contributed by atoms with Crippen LogP contribution in [0.1, 0.15) is 41.0 Å². The Balaban J connectivity index is 2.13. The van der Waals surface area contributed by atoms with E-state index in [1.165, 1.54) is 0 Å². The van der Waals surface area contributed by atoms with Gasteiger partial charge in [0.2, 0.25) is 0 Å². The van der Waals surface area contributed by atoms with Gasteiger partial charge in [0.25, 0.3) is 11.8 Å². The molecule has 0 bridgehead atoms. The minimum atomic E-state index is -0.225. The Kier molecular flexibility index (Phi) is 5.93. The number of halogens is 1. The number of rotatable bonds is 5. The van der Waals surface area contributed by atoms with Crippen LogP contribution in [0.25, 0.3) is 0 Å². The van der Waals surface area contributed by atoms with Crippen LogP contribution in [0, 0.1) is 0 Å². The summed E-state index contributed by atoms with van der Waals surface area (Å²) < 4.78 is 0.725. The Morgan fingerprint density at radius 2 is 1.83 bits per heavy atom. The van der Waals surface area contributed by atoms with E-state index in [0.717, 1.165) is 10.9 Å². The molecule has 0 radical (unpaired) electrons. The molecule has 120 valence electrons. The normalized spacial score (nSPS) is 11.6. The maximum absolute atomic E-state index is 12.3. The highest BCUT2D eigenvalue weighted by molar-refractivity contribution is 9.10. The third kappa shape index (κ3) is 4.66. The van der Waals surface area contributed by atoms with Crippen LogP contribution in [0.4, 0.5) is 5.69 Å². The predicted octanol–water partition coefficient (Wildman–Crippen LogP) is 4.23. The number of nitrogens with one attached hydrogen (secondary N) is 2. The first-order valence-corrected chi connectivity index (χ1v) is 8.27. The van der Waals surface area contributed by atoms with E-state index in [1.807, 2.05) is 26.0 Å². The van der Waals surface area contributed by atoms with Gasteiger partial charge in [-0.1, -0.05) is 25.1 Å². The molecule has 2 N–H and O–H groups in total. The first kappa shape index (κ1) is 17.2. The Bertz CT molecular complexity index is 716. The summed E-state index contributed by atoms with van der Waals surface area (Å²) in [4.78, 5) is 24.4. The second-order valence-corrected chi connectivity index (χ2v) is 6.15. The Morgan fingerprint density at radius 1 is 1.09 bits per heavy atom. The number of carbonyl (C=O) groups excluding carboxylic acids is 2. The lowest BCUT2D eigenvalue weighted by Gasteiger charge is -2.12. The van der Waals surface area contributed by atoms with Crippen molar-refractivity contribution in [3.63, 3.8) is 0 Å². The minimum absolute atomic E-state index is 0.112. The lowest BCUT2D eigenvalue weighted by Crippen LogP contribution is -2.31. The van der Waals surface area contributed by atoms with Gasteiger partial charge in [0.05, 0.1) is 5.56 Å². The van der Waals surface area contributed by atoms with Crippen molar-refractivity contribution in [2.24, 2.45) is 0 Å². The molecule has 0 aliphatic carbocycles. The van der Waals surface area contributed by atoms with E-state index in [9.17, 15) is 9.59 Å². The SMILES string of the molecule is CC[C@H](C)NC(=O)c1cccc(NC(=O)c2ccccc2Br)c1. The number of amides is 2. The summed E-state index contributed by atoms with van der Waals surface area (Å²) >= 11 is 3.36. The second-order valence-electron chi connectivity index (χ2n) is 5.30. The Morgan fingerprint density at radius 3 is 2.52 bits per heavy atom. The van der Waals surface area contributed by atoms with Crippen molar-refractivity contribution in [3.05, 3.63) is 64.1 Å². The first-order valence-electron chi connectivity index (χ1n) is 7.48. The van der Waals surface area contributed by atoms with Gasteiger partial charge < -0.3 is 10.6 Å². The predicted molar refractivity (Wildman–Crippen MR) is 95.8 cm³/mol. The first-order chi connectivity index (χ1) is 11.0. The van der Waals surface area contributed by atoms with Gasteiger partial charge in [0.15, 0.2) is 0 Å². The molecule has 1 atom stereocenters. The molecule has 2 aromatic carbocycles. The fourth-order valence-electron chi connectivity index (χ4n) is 1.99. The maximum atomic E-state index is 12.3. The molecule has 0 saturated heterocycles. The van der Waals surface area contributed by atoms with Crippen LogP contribution in [0.5, 0.6) is 0 Å². The van der Waals surface area contributed by atoms with Crippen LogP contribution in [-0.2, 0) is 0 Å². The third-order valence-electron chi connectivity index (χ3n) is 3.49. The van der Waals surface area contributed by atoms with Gasteiger partial charge in [-0.05, 0) is 59.6 Å². The highest BCUT2D eigenvalue weighted by Gasteiger charge is 2.12. The number of anilines is 1. The minimum Gasteiger partial charge on any atom is -0.350 e. The van der Waals surface area contributed by atoms with E-state index < -0.39 is 0 Å². The van der Waals surface area contributed by atoms with Crippen LogP contribution in [0.15, 0.2) is 53.0 Å². The highest BCUT2D eigenvalue weighted by atomic mass is 79.9. The monoisotopic (exact) mass is 374 g/mol. The number of hydrogen-bond acceptors (Lipinski definition) is 2. The fraction of sp³-hybridized carbons (Fsp3) is 0.222. The summed E-state index contributed by atoms with van der Waals surface area (Å²) in [6.45, 7) is 3.97. The lowest BCUT2D eigenvalue weighted by atomic mass is 10.1. The average Bonchev–Trinajstić information content (AvgIpc) is 2.55. The van der Waals surface area contributed by atoms with E-state index in [2.05, 4.69) is 26.6 Å². The van der Waals surface area contributed by atoms with Crippen LogP contribution < -0.4 is 10.6 Å². The molecule has 5 heteroatoms. The van der Waals surface area contributed by atoms with Gasteiger partial charge in [-0.15, -0.1) is 0 Å². The van der Waals surface area contributed by atoms with Gasteiger partial charge >= 0.3 is 0 Å². The maximum Gasteiger partial charge on any atom is 0.256 e. The van der Waals surface area contributed by atoms with Crippen LogP contribution in [-0.4, -0.2) is 17.9 Å². The highest BCUT2D eigenvalue weighted by Crippen LogP contribution is 2.18. The summed E-state index contributed by atoms with van der Waals surface area (Å²) in [6.07, 6.45) is 0.865. The number of hydrogen-bond donors (Lipinski definition) is 2. The summed E-state index contributed by atoms with van der Waals surface area (Å²) in [5.74, 6) is -0.367. The van der Waals surface area contributed by atoms with E-state index >= 15 is 0 Å². The molecule has 0 spiro atoms. The summed E-state index contributed by atoms with van der Waals surface area (Å²) in [5.41, 5.74) is 1.65. The lowest BCUT2D eigenvalue weighted by molar-refractivity contribution is 0.0938. The average molecular weight is 375 g/mol. The molecule has 23 heavy (non-hydrogen) atoms. The van der Waals surface area contributed by atoms with Gasteiger partial charge in [-0.3, -0.25) is 9.59 Å². The van der Waals surface area contributed by atoms with Crippen LogP contribution >= 0.6 is 15.9 Å². The van der Waals surface area contributed by atoms with Crippen molar-refractivity contribution in [2.45, 2.75) is 26.3 Å². The van der Waals surface area contributed by atoms with E-state index in [0.29, 0.717) is 16.8 Å². The molecule has 0 aliphatic heterocycles. The molecule has 0 aromatic heterocycles. The zero-order chi connectivity index (χ0) is 16.8. The van der Waals surface area contributed by atoms with Gasteiger partial charge in [-0.2, -0.15) is 0 Å². The molecule has 2 rings (SSSR count). The van der Waals surface area contributed by atoms with Crippen LogP contribution in [0.3, 0.4) is 0 Å². The molecule has 4 nitrogen and oxygen atoms in total. The van der Waals surface area contributed by atoms with Crippen molar-refractivity contribution >= 4 is 33.4 Å². The molecule has 0 fully saturated rings. The zero-order valence-electron chi connectivity index (χ0n) is 13.1. The molecule has 2 amide bonds. The van der Waals surface area contributed by atoms with Crippen molar-refractivity contribution in [3.8, 4) is 0 Å². The topological polar surface area (TPSA) is 58.2 Å². The largest absolute Gasteiger partial charge is 0.350 e. The van der Waals surface area contributed by atoms with Gasteiger partial charge in [0, 0.05) is 21.8 Å². The van der Waals surface area contributed by atoms with Crippen LogP contribution in [0.2, 0.25) is 0 Å². The molecule has 0 unspecified atom stereocenters. The fourth-order valence-corrected chi connectivity index (χ4v) is 2.46. The number of benzene rings is 2. The summed E-state index contributed by atoms with van der Waals surface area (Å²) in [5, 5.41) is 5.72.